The fraction of sp³-hybridized carbons (Fsp3) is 0.0769. The van der Waals surface area contributed by atoms with Crippen molar-refractivity contribution in [1.82, 2.24) is 14.8 Å². The molecule has 0 aliphatic carbocycles. The molecule has 2 aliphatic heterocycles. The van der Waals surface area contributed by atoms with Gasteiger partial charge < -0.3 is 15.0 Å². The van der Waals surface area contributed by atoms with Crippen LogP contribution in [-0.4, -0.2) is 46.0 Å². The van der Waals surface area contributed by atoms with Gasteiger partial charge in [0.2, 0.25) is 5.71 Å². The number of carbonyl (C=O) groups is 1. The smallest absolute Gasteiger partial charge is 0.484 e. The normalized spacial score (nSPS) is 14.1. The van der Waals surface area contributed by atoms with E-state index in [1.54, 1.807) is 21.1 Å². The molecule has 2 aliphatic rings. The standard InChI is InChI=1S/C26H20BFN4O2/c1-2-15-30-26(33)18-34-23-12-6-19(7-13-23)5-8-20-9-10-21-17-22-11-14-25(24-4-3-16-29-24)32(22)27(28)31(20)21/h1,3-14,16-17H,15,18H2,(H,30,33)/p+1/b8-5+. The number of hydrogen-bond acceptors (Lipinski definition) is 2. The highest BCUT2D eigenvalue weighted by Crippen LogP contribution is 2.27. The molecule has 6 nitrogen and oxygen atoms in total. The van der Waals surface area contributed by atoms with E-state index in [9.17, 15) is 4.79 Å². The second kappa shape index (κ2) is 9.16. The van der Waals surface area contributed by atoms with Crippen molar-refractivity contribution in [3.63, 3.8) is 0 Å². The molecule has 0 atom stereocenters. The molecule has 2 N–H and O–H groups in total. The Labute approximate surface area is 196 Å². The number of hydrogen-bond donors (Lipinski definition) is 2. The van der Waals surface area contributed by atoms with Gasteiger partial charge in [0, 0.05) is 35.8 Å². The summed E-state index contributed by atoms with van der Waals surface area (Å²) in [5, 5.41) is 2.54. The average Bonchev–Trinajstić information content (AvgIpc) is 3.60. The maximum absolute atomic E-state index is 15.8. The van der Waals surface area contributed by atoms with Crippen LogP contribution in [-0.2, 0) is 4.79 Å². The molecule has 0 fully saturated rings. The Morgan fingerprint density at radius 3 is 2.82 bits per heavy atom. The topological polar surface area (TPSA) is 62.1 Å². The number of nitrogens with one attached hydrogen (secondary N) is 2. The second-order valence-corrected chi connectivity index (χ2v) is 7.78. The third-order valence-electron chi connectivity index (χ3n) is 5.61. The molecule has 1 amide bonds. The highest BCUT2D eigenvalue weighted by atomic mass is 19.1. The molecule has 0 unspecified atom stereocenters. The zero-order valence-corrected chi connectivity index (χ0v) is 18.2. The number of ether oxygens (including phenoxy) is 1. The molecule has 4 heterocycles. The Bertz CT molecular complexity index is 1390. The molecule has 2 aromatic heterocycles. The molecular formula is C26H21BFN4O2+. The van der Waals surface area contributed by atoms with E-state index in [4.69, 9.17) is 11.2 Å². The first kappa shape index (κ1) is 21.3. The van der Waals surface area contributed by atoms with Gasteiger partial charge in [0.1, 0.15) is 11.4 Å². The number of fused-ring (bicyclic) bond motifs is 2. The second-order valence-electron chi connectivity index (χ2n) is 7.78. The van der Waals surface area contributed by atoms with E-state index in [0.29, 0.717) is 5.75 Å². The van der Waals surface area contributed by atoms with Crippen molar-refractivity contribution in [2.45, 2.75) is 0 Å². The Balaban J connectivity index is 1.32. The summed E-state index contributed by atoms with van der Waals surface area (Å²) in [6, 6.07) is 15.0. The largest absolute Gasteiger partial charge is 0.846 e. The highest BCUT2D eigenvalue weighted by Gasteiger charge is 2.47. The Morgan fingerprint density at radius 2 is 2.06 bits per heavy atom. The van der Waals surface area contributed by atoms with Crippen LogP contribution < -0.4 is 10.1 Å². The molecule has 0 spiro atoms. The molecule has 0 bridgehead atoms. The van der Waals surface area contributed by atoms with Crippen LogP contribution in [0.4, 0.5) is 4.32 Å². The van der Waals surface area contributed by atoms with E-state index in [2.05, 4.69) is 16.2 Å². The first-order valence-corrected chi connectivity index (χ1v) is 10.8. The predicted octanol–water partition coefficient (Wildman–Crippen LogP) is 3.34. The lowest BCUT2D eigenvalue weighted by atomic mass is 9.96. The lowest BCUT2D eigenvalue weighted by Crippen LogP contribution is -2.39. The number of aromatic amines is 1. The molecule has 0 saturated heterocycles. The molecule has 34 heavy (non-hydrogen) atoms. The molecule has 0 saturated carbocycles. The van der Waals surface area contributed by atoms with Crippen molar-refractivity contribution in [3.05, 3.63) is 95.2 Å². The van der Waals surface area contributed by atoms with Gasteiger partial charge in [0.25, 0.3) is 5.91 Å². The summed E-state index contributed by atoms with van der Waals surface area (Å²) >= 11 is 0. The predicted molar refractivity (Wildman–Crippen MR) is 132 cm³/mol. The van der Waals surface area contributed by atoms with E-state index in [1.807, 2.05) is 73.0 Å². The van der Waals surface area contributed by atoms with Gasteiger partial charge in [-0.3, -0.25) is 9.27 Å². The number of terminal acetylenes is 1. The van der Waals surface area contributed by atoms with Crippen LogP contribution in [0.25, 0.3) is 18.2 Å². The van der Waals surface area contributed by atoms with Crippen molar-refractivity contribution < 1.29 is 18.3 Å². The number of carbonyl (C=O) groups excluding carboxylic acids is 1. The van der Waals surface area contributed by atoms with Crippen LogP contribution in [0.2, 0.25) is 0 Å². The van der Waals surface area contributed by atoms with E-state index < -0.39 is 7.26 Å². The number of rotatable bonds is 7. The number of aromatic nitrogens is 2. The van der Waals surface area contributed by atoms with Gasteiger partial charge in [-0.25, -0.2) is 8.80 Å². The van der Waals surface area contributed by atoms with E-state index in [1.165, 1.54) is 0 Å². The number of nitrogens with zero attached hydrogens (tertiary/aromatic N) is 2. The van der Waals surface area contributed by atoms with Gasteiger partial charge in [-0.2, -0.15) is 0 Å². The summed E-state index contributed by atoms with van der Waals surface area (Å²) < 4.78 is 24.6. The van der Waals surface area contributed by atoms with Crippen LogP contribution in [0, 0.1) is 12.3 Å². The fourth-order valence-corrected chi connectivity index (χ4v) is 3.98. The summed E-state index contributed by atoms with van der Waals surface area (Å²) in [5.41, 5.74) is 4.96. The fourth-order valence-electron chi connectivity index (χ4n) is 3.98. The Hall–Kier alpha value is -4.51. The zero-order valence-electron chi connectivity index (χ0n) is 18.2. The van der Waals surface area contributed by atoms with Crippen molar-refractivity contribution in [2.75, 3.05) is 13.2 Å². The summed E-state index contributed by atoms with van der Waals surface area (Å²) in [6.45, 7) is 0.0686. The van der Waals surface area contributed by atoms with Crippen molar-refractivity contribution in [2.24, 2.45) is 0 Å². The van der Waals surface area contributed by atoms with Gasteiger partial charge in [-0.15, -0.1) is 6.42 Å². The van der Waals surface area contributed by atoms with E-state index in [-0.39, 0.29) is 19.1 Å². The lowest BCUT2D eigenvalue weighted by molar-refractivity contribution is -0.333. The quantitative estimate of drug-likeness (QED) is 0.428. The Morgan fingerprint density at radius 1 is 1.21 bits per heavy atom. The van der Waals surface area contributed by atoms with Crippen LogP contribution in [0.5, 0.6) is 5.75 Å². The van der Waals surface area contributed by atoms with Crippen molar-refractivity contribution >= 4 is 37.1 Å². The third kappa shape index (κ3) is 4.11. The van der Waals surface area contributed by atoms with Crippen molar-refractivity contribution in [3.8, 4) is 18.1 Å². The number of benzene rings is 1. The van der Waals surface area contributed by atoms with E-state index >= 15 is 4.32 Å². The number of allylic oxidation sites excluding steroid dienone is 2. The molecule has 166 valence electrons. The van der Waals surface area contributed by atoms with Crippen molar-refractivity contribution in [1.29, 1.82) is 0 Å². The first-order chi connectivity index (χ1) is 16.6. The van der Waals surface area contributed by atoms with Crippen LogP contribution in [0.3, 0.4) is 0 Å². The molecule has 1 aromatic carbocycles. The van der Waals surface area contributed by atoms with Gasteiger partial charge >= 0.3 is 7.26 Å². The van der Waals surface area contributed by atoms with Crippen LogP contribution >= 0.6 is 0 Å². The summed E-state index contributed by atoms with van der Waals surface area (Å²) in [6.07, 6.45) is 16.6. The summed E-state index contributed by atoms with van der Waals surface area (Å²) in [5.74, 6) is 2.64. The molecule has 3 aromatic rings. The highest BCUT2D eigenvalue weighted by molar-refractivity contribution is 6.44. The molecular weight excluding hydrogens is 430 g/mol. The minimum Gasteiger partial charge on any atom is -0.484 e. The lowest BCUT2D eigenvalue weighted by Gasteiger charge is -2.14. The van der Waals surface area contributed by atoms with Gasteiger partial charge in [0.05, 0.1) is 6.54 Å². The zero-order chi connectivity index (χ0) is 23.5. The molecule has 5 rings (SSSR count). The SMILES string of the molecule is C#CCNC(=O)COc1ccc(/C=C/c2ccc3n2B(F)[N+]2=C(c4ccc[nH]4)C=CC2=C3)cc1. The Kier molecular flexibility index (Phi) is 5.75. The van der Waals surface area contributed by atoms with Gasteiger partial charge in [-0.05, 0) is 48.0 Å². The minimum atomic E-state index is -1.37. The number of amides is 1. The minimum absolute atomic E-state index is 0.104. The van der Waals surface area contributed by atoms with Gasteiger partial charge in [-0.1, -0.05) is 24.1 Å². The maximum Gasteiger partial charge on any atom is 0.846 e. The maximum atomic E-state index is 15.8. The molecule has 0 radical (unpaired) electrons. The van der Waals surface area contributed by atoms with Gasteiger partial charge in [0.15, 0.2) is 12.3 Å². The first-order valence-electron chi connectivity index (χ1n) is 10.8. The summed E-state index contributed by atoms with van der Waals surface area (Å²) in [4.78, 5) is 14.7. The van der Waals surface area contributed by atoms with Crippen LogP contribution in [0.15, 0.2) is 72.6 Å². The molecule has 8 heteroatoms. The monoisotopic (exact) mass is 451 g/mol. The number of H-pyrrole nitrogens is 1. The summed E-state index contributed by atoms with van der Waals surface area (Å²) in [7, 11) is -1.37. The third-order valence-corrected chi connectivity index (χ3v) is 5.61. The van der Waals surface area contributed by atoms with Crippen LogP contribution in [0.1, 0.15) is 22.6 Å². The average molecular weight is 451 g/mol. The number of halogens is 1. The van der Waals surface area contributed by atoms with E-state index in [0.717, 1.165) is 34.1 Å².